The van der Waals surface area contributed by atoms with E-state index in [0.717, 1.165) is 6.42 Å². The normalized spacial score (nSPS) is 11.8. The Labute approximate surface area is 89.1 Å². The summed E-state index contributed by atoms with van der Waals surface area (Å²) in [6, 6.07) is 5.67. The van der Waals surface area contributed by atoms with Crippen LogP contribution < -0.4 is 0 Å². The van der Waals surface area contributed by atoms with Crippen molar-refractivity contribution in [2.24, 2.45) is 5.92 Å². The number of methoxy groups -OCH3 is 1. The van der Waals surface area contributed by atoms with Gasteiger partial charge in [-0.2, -0.15) is 5.26 Å². The first-order valence-electron chi connectivity index (χ1n) is 4.82. The molecule has 0 spiro atoms. The maximum absolute atomic E-state index is 11.3. The number of carbonyl (C=O) groups is 1. The average molecular weight is 206 g/mol. The minimum absolute atomic E-state index is 0.00195. The van der Waals surface area contributed by atoms with Crippen molar-refractivity contribution in [3.05, 3.63) is 24.0 Å². The molecule has 4 heteroatoms. The highest BCUT2D eigenvalue weighted by atomic mass is 16.5. The lowest BCUT2D eigenvalue weighted by molar-refractivity contribution is 0.0588. The molecule has 1 rings (SSSR count). The van der Waals surface area contributed by atoms with Gasteiger partial charge in [0, 0.05) is 18.7 Å². The predicted molar refractivity (Wildman–Crippen MR) is 55.2 cm³/mol. The monoisotopic (exact) mass is 206 g/mol. The molecule has 0 aliphatic carbocycles. The van der Waals surface area contributed by atoms with Gasteiger partial charge < -0.3 is 9.30 Å². The van der Waals surface area contributed by atoms with Gasteiger partial charge in [-0.15, -0.1) is 0 Å². The van der Waals surface area contributed by atoms with E-state index in [1.165, 1.54) is 7.11 Å². The maximum Gasteiger partial charge on any atom is 0.354 e. The number of hydrogen-bond acceptors (Lipinski definition) is 3. The van der Waals surface area contributed by atoms with Crippen LogP contribution in [0.1, 0.15) is 23.8 Å². The lowest BCUT2D eigenvalue weighted by atomic mass is 10.1. The number of nitriles is 1. The van der Waals surface area contributed by atoms with Crippen LogP contribution in [0.3, 0.4) is 0 Å². The molecule has 4 nitrogen and oxygen atoms in total. The maximum atomic E-state index is 11.3. The molecule has 0 radical (unpaired) electrons. The summed E-state index contributed by atoms with van der Waals surface area (Å²) in [5.41, 5.74) is 0.530. The van der Waals surface area contributed by atoms with Crippen molar-refractivity contribution < 1.29 is 9.53 Å². The van der Waals surface area contributed by atoms with Gasteiger partial charge in [-0.1, -0.05) is 0 Å². The molecule has 0 saturated heterocycles. The van der Waals surface area contributed by atoms with Crippen molar-refractivity contribution in [3.8, 4) is 6.07 Å². The fourth-order valence-electron chi connectivity index (χ4n) is 1.30. The highest BCUT2D eigenvalue weighted by molar-refractivity contribution is 5.87. The third-order valence-corrected chi connectivity index (χ3v) is 2.25. The minimum atomic E-state index is -0.343. The van der Waals surface area contributed by atoms with Gasteiger partial charge in [-0.05, 0) is 25.5 Å². The highest BCUT2D eigenvalue weighted by Crippen LogP contribution is 2.08. The number of hydrogen-bond donors (Lipinski definition) is 0. The first-order chi connectivity index (χ1) is 7.19. The topological polar surface area (TPSA) is 55.0 Å². The summed E-state index contributed by atoms with van der Waals surface area (Å²) in [6.07, 6.45) is 2.55. The van der Waals surface area contributed by atoms with E-state index in [4.69, 9.17) is 5.26 Å². The van der Waals surface area contributed by atoms with E-state index in [2.05, 4.69) is 10.8 Å². The lowest BCUT2D eigenvalue weighted by Crippen LogP contribution is -2.11. The first kappa shape index (κ1) is 11.3. The van der Waals surface area contributed by atoms with Crippen LogP contribution in [-0.2, 0) is 11.3 Å². The third-order valence-electron chi connectivity index (χ3n) is 2.25. The summed E-state index contributed by atoms with van der Waals surface area (Å²) in [4.78, 5) is 11.3. The molecule has 0 aliphatic rings. The average Bonchev–Trinajstić information content (AvgIpc) is 2.72. The third kappa shape index (κ3) is 2.84. The second-order valence-corrected chi connectivity index (χ2v) is 3.40. The van der Waals surface area contributed by atoms with E-state index >= 15 is 0 Å². The molecule has 1 atom stereocenters. The Kier molecular flexibility index (Phi) is 3.92. The number of ether oxygens (including phenoxy) is 1. The Bertz CT molecular complexity index is 376. The van der Waals surface area contributed by atoms with Gasteiger partial charge in [-0.25, -0.2) is 4.79 Å². The van der Waals surface area contributed by atoms with E-state index in [1.54, 1.807) is 16.7 Å². The van der Waals surface area contributed by atoms with Crippen LogP contribution >= 0.6 is 0 Å². The molecule has 1 heterocycles. The molecule has 15 heavy (non-hydrogen) atoms. The second kappa shape index (κ2) is 5.20. The number of aryl methyl sites for hydroxylation is 1. The van der Waals surface area contributed by atoms with Gasteiger partial charge in [0.1, 0.15) is 5.69 Å². The van der Waals surface area contributed by atoms with Crippen LogP contribution in [0.4, 0.5) is 0 Å². The fraction of sp³-hybridized carbons (Fsp3) is 0.455. The van der Waals surface area contributed by atoms with Crippen molar-refractivity contribution in [1.29, 1.82) is 5.26 Å². The fourth-order valence-corrected chi connectivity index (χ4v) is 1.30. The van der Waals surface area contributed by atoms with Crippen molar-refractivity contribution in [1.82, 2.24) is 4.57 Å². The van der Waals surface area contributed by atoms with Crippen molar-refractivity contribution >= 4 is 5.97 Å². The molecule has 0 bridgehead atoms. The Balaban J connectivity index is 2.66. The number of carbonyl (C=O) groups excluding carboxylic acids is 1. The quantitative estimate of drug-likeness (QED) is 0.706. The smallest absolute Gasteiger partial charge is 0.354 e. The summed E-state index contributed by atoms with van der Waals surface area (Å²) in [5.74, 6) is -0.345. The van der Waals surface area contributed by atoms with Gasteiger partial charge in [0.2, 0.25) is 0 Å². The number of aromatic nitrogens is 1. The highest BCUT2D eigenvalue weighted by Gasteiger charge is 2.10. The molecule has 0 fully saturated rings. The predicted octanol–water partition coefficient (Wildman–Crippen LogP) is 1.82. The molecule has 0 aromatic carbocycles. The Morgan fingerprint density at radius 2 is 2.47 bits per heavy atom. The SMILES string of the molecule is COC(=O)c1cccn1CCC(C)C#N. The zero-order valence-corrected chi connectivity index (χ0v) is 8.93. The van der Waals surface area contributed by atoms with E-state index in [9.17, 15) is 4.79 Å². The molecule has 0 N–H and O–H groups in total. The van der Waals surface area contributed by atoms with Crippen LogP contribution in [0.15, 0.2) is 18.3 Å². The molecular weight excluding hydrogens is 192 g/mol. The number of nitrogens with zero attached hydrogens (tertiary/aromatic N) is 2. The zero-order valence-electron chi connectivity index (χ0n) is 8.93. The summed E-state index contributed by atoms with van der Waals surface area (Å²) in [7, 11) is 1.36. The minimum Gasteiger partial charge on any atom is -0.464 e. The Hall–Kier alpha value is -1.76. The summed E-state index contributed by atoms with van der Waals surface area (Å²) in [5, 5.41) is 8.64. The van der Waals surface area contributed by atoms with Crippen molar-refractivity contribution in [3.63, 3.8) is 0 Å². The molecule has 1 aromatic heterocycles. The van der Waals surface area contributed by atoms with E-state index in [-0.39, 0.29) is 11.9 Å². The standard InChI is InChI=1S/C11H14N2O2/c1-9(8-12)5-7-13-6-3-4-10(13)11(14)15-2/h3-4,6,9H,5,7H2,1-2H3. The summed E-state index contributed by atoms with van der Waals surface area (Å²) >= 11 is 0. The van der Waals surface area contributed by atoms with E-state index in [1.807, 2.05) is 13.1 Å². The number of esters is 1. The molecule has 0 saturated carbocycles. The van der Waals surface area contributed by atoms with E-state index < -0.39 is 0 Å². The lowest BCUT2D eigenvalue weighted by Gasteiger charge is -2.08. The van der Waals surface area contributed by atoms with Crippen LogP contribution in [-0.4, -0.2) is 17.6 Å². The molecular formula is C11H14N2O2. The molecule has 1 aromatic rings. The van der Waals surface area contributed by atoms with Crippen LogP contribution in [0, 0.1) is 17.2 Å². The van der Waals surface area contributed by atoms with Crippen LogP contribution in [0.25, 0.3) is 0 Å². The Morgan fingerprint density at radius 3 is 3.07 bits per heavy atom. The van der Waals surface area contributed by atoms with Gasteiger partial charge in [-0.3, -0.25) is 0 Å². The van der Waals surface area contributed by atoms with Gasteiger partial charge in [0.25, 0.3) is 0 Å². The molecule has 0 amide bonds. The largest absolute Gasteiger partial charge is 0.464 e. The summed E-state index contributed by atoms with van der Waals surface area (Å²) in [6.45, 7) is 2.52. The van der Waals surface area contributed by atoms with Crippen LogP contribution in [0.2, 0.25) is 0 Å². The molecule has 0 aliphatic heterocycles. The molecule has 1 unspecified atom stereocenters. The van der Waals surface area contributed by atoms with Crippen molar-refractivity contribution in [2.45, 2.75) is 19.9 Å². The van der Waals surface area contributed by atoms with E-state index in [0.29, 0.717) is 12.2 Å². The zero-order chi connectivity index (χ0) is 11.3. The first-order valence-corrected chi connectivity index (χ1v) is 4.82. The number of rotatable bonds is 4. The summed E-state index contributed by atoms with van der Waals surface area (Å²) < 4.78 is 6.45. The Morgan fingerprint density at radius 1 is 1.73 bits per heavy atom. The van der Waals surface area contributed by atoms with Gasteiger partial charge >= 0.3 is 5.97 Å². The van der Waals surface area contributed by atoms with Crippen molar-refractivity contribution in [2.75, 3.05) is 7.11 Å². The van der Waals surface area contributed by atoms with Gasteiger partial charge in [0.15, 0.2) is 0 Å². The molecule has 80 valence electrons. The van der Waals surface area contributed by atoms with Gasteiger partial charge in [0.05, 0.1) is 13.2 Å². The second-order valence-electron chi connectivity index (χ2n) is 3.40. The van der Waals surface area contributed by atoms with Crippen LogP contribution in [0.5, 0.6) is 0 Å².